The molecule has 1 heterocycles. The van der Waals surface area contributed by atoms with Gasteiger partial charge in [-0.15, -0.1) is 0 Å². The van der Waals surface area contributed by atoms with Gasteiger partial charge in [-0.25, -0.2) is 9.97 Å². The molecule has 1 atom stereocenters. The molecular formula is C38H52ClN3O3. The molecule has 1 fully saturated rings. The van der Waals surface area contributed by atoms with Crippen molar-refractivity contribution < 1.29 is 14.7 Å². The Morgan fingerprint density at radius 2 is 1.71 bits per heavy atom. The van der Waals surface area contributed by atoms with E-state index in [1.54, 1.807) is 13.1 Å². The number of aromatic nitrogens is 2. The van der Waals surface area contributed by atoms with Crippen molar-refractivity contribution in [2.45, 2.75) is 98.8 Å². The number of carbonyl (C=O) groups excluding carboxylic acids is 1. The zero-order valence-corrected chi connectivity index (χ0v) is 29.2. The summed E-state index contributed by atoms with van der Waals surface area (Å²) in [5.74, 6) is 2.26. The second kappa shape index (κ2) is 17.8. The van der Waals surface area contributed by atoms with Gasteiger partial charge in [-0.05, 0) is 73.4 Å². The zero-order valence-electron chi connectivity index (χ0n) is 28.5. The lowest BCUT2D eigenvalue weighted by molar-refractivity contribution is -0.137. The summed E-state index contributed by atoms with van der Waals surface area (Å²) in [6.45, 7) is 18.5. The number of carboxylic acids is 1. The standard InChI is InChI=1S/C27H28ClN3O3.C9H18.C2H6/c1-16-14-21(28)11-12-22(16)17(2)25-30-18(3)24(26(29-5)31-25)27(4,15-32)20-9-6-19(7-10-20)8-13-23(33)34;1-3-9-6-4-8(2)5-7-9;1-2/h6-7,9-12,14-15H,2,8,13H2,1,3-5H3,(H,33,34)(H,29,30,31);8-9H,3-7H2,1-2H3;1-2H3/t27-;;/m0../s1. The third kappa shape index (κ3) is 9.99. The van der Waals surface area contributed by atoms with Gasteiger partial charge in [0.05, 0.1) is 5.41 Å². The number of anilines is 1. The smallest absolute Gasteiger partial charge is 0.303 e. The number of carbonyl (C=O) groups is 2. The number of rotatable bonds is 10. The number of carboxylic acid groups (broad SMARTS) is 1. The van der Waals surface area contributed by atoms with Crippen molar-refractivity contribution in [2.75, 3.05) is 12.4 Å². The van der Waals surface area contributed by atoms with E-state index in [2.05, 4.69) is 25.7 Å². The monoisotopic (exact) mass is 633 g/mol. The van der Waals surface area contributed by atoms with Crippen LogP contribution in [0.3, 0.4) is 0 Å². The summed E-state index contributed by atoms with van der Waals surface area (Å²) >= 11 is 6.10. The second-order valence-corrected chi connectivity index (χ2v) is 12.4. The lowest BCUT2D eigenvalue weighted by atomic mass is 9.76. The molecule has 0 amide bonds. The number of nitrogens with one attached hydrogen (secondary N) is 1. The van der Waals surface area contributed by atoms with Gasteiger partial charge in [0, 0.05) is 35.3 Å². The second-order valence-electron chi connectivity index (χ2n) is 12.0. The Kier molecular flexibility index (Phi) is 14.9. The minimum atomic E-state index is -1.01. The van der Waals surface area contributed by atoms with Crippen molar-refractivity contribution in [1.82, 2.24) is 9.97 Å². The van der Waals surface area contributed by atoms with Gasteiger partial charge in [-0.2, -0.15) is 0 Å². The Morgan fingerprint density at radius 3 is 2.22 bits per heavy atom. The molecule has 1 aliphatic rings. The lowest BCUT2D eigenvalue weighted by Crippen LogP contribution is -2.29. The third-order valence-corrected chi connectivity index (χ3v) is 8.99. The molecule has 1 aliphatic carbocycles. The van der Waals surface area contributed by atoms with E-state index >= 15 is 0 Å². The number of hydrogen-bond acceptors (Lipinski definition) is 5. The first-order valence-electron chi connectivity index (χ1n) is 16.2. The summed E-state index contributed by atoms with van der Waals surface area (Å²) in [7, 11) is 1.76. The average Bonchev–Trinajstić information content (AvgIpc) is 3.04. The molecule has 0 saturated heterocycles. The topological polar surface area (TPSA) is 92.2 Å². The molecule has 2 N–H and O–H groups in total. The van der Waals surface area contributed by atoms with Crippen LogP contribution in [0.1, 0.15) is 112 Å². The van der Waals surface area contributed by atoms with Crippen LogP contribution in [0, 0.1) is 25.7 Å². The fourth-order valence-electron chi connectivity index (χ4n) is 5.87. The van der Waals surface area contributed by atoms with Crippen LogP contribution < -0.4 is 5.32 Å². The maximum absolute atomic E-state index is 12.5. The van der Waals surface area contributed by atoms with Crippen LogP contribution in [0.5, 0.6) is 0 Å². The number of halogens is 1. The van der Waals surface area contributed by atoms with Crippen LogP contribution in [0.2, 0.25) is 5.02 Å². The Balaban J connectivity index is 0.000000544. The summed E-state index contributed by atoms with van der Waals surface area (Å²) in [4.78, 5) is 32.8. The largest absolute Gasteiger partial charge is 0.481 e. The normalized spacial score (nSPS) is 17.0. The van der Waals surface area contributed by atoms with E-state index in [1.807, 2.05) is 71.0 Å². The maximum atomic E-state index is 12.5. The van der Waals surface area contributed by atoms with E-state index in [9.17, 15) is 9.59 Å². The molecule has 2 aromatic carbocycles. The molecule has 45 heavy (non-hydrogen) atoms. The van der Waals surface area contributed by atoms with Crippen molar-refractivity contribution >= 4 is 35.2 Å². The molecule has 244 valence electrons. The number of aldehydes is 1. The van der Waals surface area contributed by atoms with Crippen molar-refractivity contribution in [2.24, 2.45) is 11.8 Å². The molecule has 0 bridgehead atoms. The molecule has 6 nitrogen and oxygen atoms in total. The molecule has 0 aliphatic heterocycles. The zero-order chi connectivity index (χ0) is 33.7. The Labute approximate surface area is 275 Å². The van der Waals surface area contributed by atoms with Gasteiger partial charge >= 0.3 is 5.97 Å². The number of benzene rings is 2. The van der Waals surface area contributed by atoms with E-state index in [1.165, 1.54) is 32.1 Å². The fraction of sp³-hybridized carbons (Fsp3) is 0.474. The van der Waals surface area contributed by atoms with Gasteiger partial charge < -0.3 is 15.2 Å². The van der Waals surface area contributed by atoms with Crippen LogP contribution in [0.25, 0.3) is 5.57 Å². The first-order valence-corrected chi connectivity index (χ1v) is 16.6. The molecule has 0 radical (unpaired) electrons. The van der Waals surface area contributed by atoms with Gasteiger partial charge in [-0.3, -0.25) is 4.79 Å². The SMILES string of the molecule is C=C(c1nc(C)c([C@@](C)(C=O)c2ccc(CCC(=O)O)cc2)c(NC)n1)c1ccc(Cl)cc1C.CC.CCC1CCC(C)CC1. The van der Waals surface area contributed by atoms with Crippen molar-refractivity contribution in [3.05, 3.63) is 93.4 Å². The van der Waals surface area contributed by atoms with Crippen molar-refractivity contribution in [3.8, 4) is 0 Å². The van der Waals surface area contributed by atoms with Gasteiger partial charge in [0.1, 0.15) is 12.1 Å². The van der Waals surface area contributed by atoms with Crippen LogP contribution in [-0.2, 0) is 21.4 Å². The van der Waals surface area contributed by atoms with Crippen LogP contribution in [0.15, 0.2) is 49.0 Å². The Bertz CT molecular complexity index is 1430. The minimum Gasteiger partial charge on any atom is -0.481 e. The molecule has 1 saturated carbocycles. The van der Waals surface area contributed by atoms with Gasteiger partial charge in [0.2, 0.25) is 0 Å². The highest BCUT2D eigenvalue weighted by molar-refractivity contribution is 6.30. The minimum absolute atomic E-state index is 0.0551. The number of nitrogens with zero attached hydrogens (tertiary/aromatic N) is 2. The summed E-state index contributed by atoms with van der Waals surface area (Å²) in [6, 6.07) is 13.0. The summed E-state index contributed by atoms with van der Waals surface area (Å²) in [6.07, 6.45) is 8.75. The highest BCUT2D eigenvalue weighted by Crippen LogP contribution is 2.37. The van der Waals surface area contributed by atoms with Crippen molar-refractivity contribution in [3.63, 3.8) is 0 Å². The summed E-state index contributed by atoms with van der Waals surface area (Å²) in [5.41, 5.74) is 4.51. The first kappa shape index (κ1) is 37.7. The quantitative estimate of drug-likeness (QED) is 0.216. The van der Waals surface area contributed by atoms with Crippen LogP contribution >= 0.6 is 11.6 Å². The van der Waals surface area contributed by atoms with E-state index in [4.69, 9.17) is 26.7 Å². The summed E-state index contributed by atoms with van der Waals surface area (Å²) < 4.78 is 0. The molecule has 4 rings (SSSR count). The predicted molar refractivity (Wildman–Crippen MR) is 188 cm³/mol. The molecule has 0 spiro atoms. The molecular weight excluding hydrogens is 582 g/mol. The van der Waals surface area contributed by atoms with E-state index in [-0.39, 0.29) is 6.42 Å². The van der Waals surface area contributed by atoms with Gasteiger partial charge in [-0.1, -0.05) is 108 Å². The number of aryl methyl sites for hydroxylation is 3. The van der Waals surface area contributed by atoms with Crippen molar-refractivity contribution in [1.29, 1.82) is 0 Å². The maximum Gasteiger partial charge on any atom is 0.303 e. The molecule has 3 aromatic rings. The predicted octanol–water partition coefficient (Wildman–Crippen LogP) is 9.62. The molecule has 1 aromatic heterocycles. The number of hydrogen-bond donors (Lipinski definition) is 2. The highest BCUT2D eigenvalue weighted by Gasteiger charge is 2.34. The highest BCUT2D eigenvalue weighted by atomic mass is 35.5. The lowest BCUT2D eigenvalue weighted by Gasteiger charge is -2.28. The van der Waals surface area contributed by atoms with Crippen LogP contribution in [0.4, 0.5) is 5.82 Å². The van der Waals surface area contributed by atoms with Gasteiger partial charge in [0.25, 0.3) is 0 Å². The van der Waals surface area contributed by atoms with E-state index in [0.29, 0.717) is 39.9 Å². The average molecular weight is 634 g/mol. The first-order chi connectivity index (χ1) is 21.4. The summed E-state index contributed by atoms with van der Waals surface area (Å²) in [5, 5.41) is 12.7. The third-order valence-electron chi connectivity index (χ3n) is 8.76. The molecule has 7 heteroatoms. The van der Waals surface area contributed by atoms with Crippen LogP contribution in [-0.4, -0.2) is 34.4 Å². The van der Waals surface area contributed by atoms with Gasteiger partial charge in [0.15, 0.2) is 5.82 Å². The Hall–Kier alpha value is -3.51. The number of aliphatic carboxylic acids is 1. The fourth-order valence-corrected chi connectivity index (χ4v) is 6.10. The van der Waals surface area contributed by atoms with E-state index < -0.39 is 11.4 Å². The molecule has 0 unspecified atom stereocenters. The van der Waals surface area contributed by atoms with E-state index in [0.717, 1.165) is 40.4 Å². The Morgan fingerprint density at radius 1 is 1.09 bits per heavy atom.